The highest BCUT2D eigenvalue weighted by Gasteiger charge is 2.16. The fourth-order valence-corrected chi connectivity index (χ4v) is 2.54. The van der Waals surface area contributed by atoms with Crippen LogP contribution in [0.1, 0.15) is 18.1 Å². The molecule has 4 nitrogen and oxygen atoms in total. The van der Waals surface area contributed by atoms with E-state index >= 15 is 0 Å². The molecular formula is C18H20ClNO3. The van der Waals surface area contributed by atoms with Gasteiger partial charge in [0.15, 0.2) is 0 Å². The topological polar surface area (TPSA) is 58.6 Å². The number of hydrogen-bond donors (Lipinski definition) is 2. The second kappa shape index (κ2) is 7.99. The number of carbonyl (C=O) groups excluding carboxylic acids is 1. The van der Waals surface area contributed by atoms with Crippen LogP contribution < -0.4 is 10.1 Å². The van der Waals surface area contributed by atoms with Crippen LogP contribution in [-0.4, -0.2) is 18.1 Å². The molecule has 0 saturated heterocycles. The second-order valence-corrected chi connectivity index (χ2v) is 5.78. The van der Waals surface area contributed by atoms with Crippen LogP contribution in [0.15, 0.2) is 42.5 Å². The van der Waals surface area contributed by atoms with Crippen LogP contribution in [0.25, 0.3) is 0 Å². The second-order valence-electron chi connectivity index (χ2n) is 5.37. The summed E-state index contributed by atoms with van der Waals surface area (Å²) < 4.78 is 5.15. The number of amides is 1. The van der Waals surface area contributed by atoms with Crippen molar-refractivity contribution in [1.82, 2.24) is 0 Å². The molecule has 0 spiro atoms. The number of carbonyl (C=O) groups is 1. The zero-order valence-corrected chi connectivity index (χ0v) is 13.9. The van der Waals surface area contributed by atoms with Gasteiger partial charge in [0, 0.05) is 22.2 Å². The summed E-state index contributed by atoms with van der Waals surface area (Å²) in [5.41, 5.74) is 2.21. The van der Waals surface area contributed by atoms with Gasteiger partial charge in [0.05, 0.1) is 13.7 Å². The van der Waals surface area contributed by atoms with Crippen LogP contribution in [0.4, 0.5) is 5.69 Å². The standard InChI is InChI=1S/C18H20ClNO3/c1-12(9-13-5-3-4-6-16(13)19)18(22)20-15-7-8-17(23-2)14(10-15)11-21/h3-8,10,12,21H,9,11H2,1-2H3,(H,20,22). The van der Waals surface area contributed by atoms with Crippen molar-refractivity contribution in [2.24, 2.45) is 5.92 Å². The first-order valence-corrected chi connectivity index (χ1v) is 7.75. The largest absolute Gasteiger partial charge is 0.496 e. The first kappa shape index (κ1) is 17.3. The lowest BCUT2D eigenvalue weighted by Gasteiger charge is -2.14. The van der Waals surface area contributed by atoms with Crippen molar-refractivity contribution in [3.8, 4) is 5.75 Å². The van der Waals surface area contributed by atoms with Crippen LogP contribution in [-0.2, 0) is 17.8 Å². The summed E-state index contributed by atoms with van der Waals surface area (Å²) in [4.78, 5) is 12.3. The van der Waals surface area contributed by atoms with Gasteiger partial charge in [0.2, 0.25) is 5.91 Å². The minimum atomic E-state index is -0.227. The Labute approximate surface area is 141 Å². The summed E-state index contributed by atoms with van der Waals surface area (Å²) >= 11 is 6.13. The Morgan fingerprint density at radius 3 is 2.65 bits per heavy atom. The summed E-state index contributed by atoms with van der Waals surface area (Å²) in [5.74, 6) is 0.267. The number of rotatable bonds is 6. The SMILES string of the molecule is COc1ccc(NC(=O)C(C)Cc2ccccc2Cl)cc1CO. The van der Waals surface area contributed by atoms with E-state index in [9.17, 15) is 9.90 Å². The number of hydrogen-bond acceptors (Lipinski definition) is 3. The predicted molar refractivity (Wildman–Crippen MR) is 91.9 cm³/mol. The van der Waals surface area contributed by atoms with Gasteiger partial charge in [-0.15, -0.1) is 0 Å². The summed E-state index contributed by atoms with van der Waals surface area (Å²) in [6, 6.07) is 12.7. The summed E-state index contributed by atoms with van der Waals surface area (Å²) in [7, 11) is 1.54. The van der Waals surface area contributed by atoms with Gasteiger partial charge in [-0.2, -0.15) is 0 Å². The Morgan fingerprint density at radius 1 is 1.26 bits per heavy atom. The number of benzene rings is 2. The van der Waals surface area contributed by atoms with Crippen LogP contribution in [0, 0.1) is 5.92 Å². The molecule has 23 heavy (non-hydrogen) atoms. The molecule has 2 rings (SSSR count). The van der Waals surface area contributed by atoms with E-state index in [0.29, 0.717) is 28.4 Å². The van der Waals surface area contributed by atoms with Crippen molar-refractivity contribution in [3.05, 3.63) is 58.6 Å². The number of methoxy groups -OCH3 is 1. The van der Waals surface area contributed by atoms with Gasteiger partial charge in [-0.25, -0.2) is 0 Å². The van der Waals surface area contributed by atoms with Crippen LogP contribution >= 0.6 is 11.6 Å². The molecule has 2 N–H and O–H groups in total. The minimum Gasteiger partial charge on any atom is -0.496 e. The highest BCUT2D eigenvalue weighted by molar-refractivity contribution is 6.31. The van der Waals surface area contributed by atoms with Crippen molar-refractivity contribution in [2.75, 3.05) is 12.4 Å². The number of nitrogens with one attached hydrogen (secondary N) is 1. The number of halogens is 1. The normalized spacial score (nSPS) is 11.8. The number of aliphatic hydroxyl groups excluding tert-OH is 1. The molecule has 2 aromatic rings. The molecule has 0 aromatic heterocycles. The maximum atomic E-state index is 12.3. The van der Waals surface area contributed by atoms with E-state index in [2.05, 4.69) is 5.32 Å². The molecule has 0 fully saturated rings. The van der Waals surface area contributed by atoms with E-state index < -0.39 is 0 Å². The van der Waals surface area contributed by atoms with Crippen molar-refractivity contribution in [2.45, 2.75) is 20.0 Å². The van der Waals surface area contributed by atoms with Gasteiger partial charge in [0.1, 0.15) is 5.75 Å². The third kappa shape index (κ3) is 4.47. The van der Waals surface area contributed by atoms with E-state index in [0.717, 1.165) is 5.56 Å². The van der Waals surface area contributed by atoms with Crippen LogP contribution in [0.5, 0.6) is 5.75 Å². The number of ether oxygens (including phenoxy) is 1. The molecular weight excluding hydrogens is 314 g/mol. The number of aliphatic hydroxyl groups is 1. The molecule has 1 atom stereocenters. The summed E-state index contributed by atoms with van der Waals surface area (Å²) in [6.07, 6.45) is 0.564. The Morgan fingerprint density at radius 2 is 2.00 bits per heavy atom. The smallest absolute Gasteiger partial charge is 0.227 e. The Balaban J connectivity index is 2.05. The first-order chi connectivity index (χ1) is 11.0. The molecule has 1 unspecified atom stereocenters. The predicted octanol–water partition coefficient (Wildman–Crippen LogP) is 3.66. The van der Waals surface area contributed by atoms with Gasteiger partial charge in [0.25, 0.3) is 0 Å². The molecule has 0 radical (unpaired) electrons. The van der Waals surface area contributed by atoms with E-state index in [4.69, 9.17) is 16.3 Å². The Hall–Kier alpha value is -2.04. The van der Waals surface area contributed by atoms with E-state index in [1.165, 1.54) is 0 Å². The highest BCUT2D eigenvalue weighted by atomic mass is 35.5. The molecule has 0 aliphatic carbocycles. The summed E-state index contributed by atoms with van der Waals surface area (Å²) in [6.45, 7) is 1.71. The first-order valence-electron chi connectivity index (χ1n) is 7.37. The fourth-order valence-electron chi connectivity index (χ4n) is 2.33. The maximum Gasteiger partial charge on any atom is 0.227 e. The van der Waals surface area contributed by atoms with Gasteiger partial charge in [-0.3, -0.25) is 4.79 Å². The molecule has 0 aliphatic rings. The van der Waals surface area contributed by atoms with Gasteiger partial charge in [-0.05, 0) is 36.2 Å². The lowest BCUT2D eigenvalue weighted by molar-refractivity contribution is -0.119. The van der Waals surface area contributed by atoms with Crippen molar-refractivity contribution < 1.29 is 14.6 Å². The average molecular weight is 334 g/mol. The molecule has 2 aromatic carbocycles. The molecule has 0 saturated carbocycles. The van der Waals surface area contributed by atoms with Gasteiger partial charge < -0.3 is 15.2 Å². The third-order valence-electron chi connectivity index (χ3n) is 3.65. The van der Waals surface area contributed by atoms with Gasteiger partial charge in [-0.1, -0.05) is 36.7 Å². The Kier molecular flexibility index (Phi) is 6.02. The van der Waals surface area contributed by atoms with E-state index in [1.54, 1.807) is 25.3 Å². The molecule has 0 aliphatic heterocycles. The molecule has 0 heterocycles. The fraction of sp³-hybridized carbons (Fsp3) is 0.278. The Bertz CT molecular complexity index is 688. The monoisotopic (exact) mass is 333 g/mol. The maximum absolute atomic E-state index is 12.3. The van der Waals surface area contributed by atoms with Crippen molar-refractivity contribution in [3.63, 3.8) is 0 Å². The zero-order valence-electron chi connectivity index (χ0n) is 13.2. The van der Waals surface area contributed by atoms with Crippen molar-refractivity contribution in [1.29, 1.82) is 0 Å². The van der Waals surface area contributed by atoms with Gasteiger partial charge >= 0.3 is 0 Å². The highest BCUT2D eigenvalue weighted by Crippen LogP contribution is 2.24. The van der Waals surface area contributed by atoms with E-state index in [1.807, 2.05) is 31.2 Å². The number of anilines is 1. The minimum absolute atomic E-state index is 0.0982. The van der Waals surface area contributed by atoms with Crippen LogP contribution in [0.2, 0.25) is 5.02 Å². The molecule has 1 amide bonds. The lowest BCUT2D eigenvalue weighted by Crippen LogP contribution is -2.22. The van der Waals surface area contributed by atoms with E-state index in [-0.39, 0.29) is 18.4 Å². The third-order valence-corrected chi connectivity index (χ3v) is 4.02. The lowest BCUT2D eigenvalue weighted by atomic mass is 10.00. The van der Waals surface area contributed by atoms with Crippen molar-refractivity contribution >= 4 is 23.2 Å². The molecule has 0 bridgehead atoms. The summed E-state index contributed by atoms with van der Waals surface area (Å²) in [5, 5.41) is 12.9. The zero-order chi connectivity index (χ0) is 16.8. The molecule has 122 valence electrons. The quantitative estimate of drug-likeness (QED) is 0.848. The average Bonchev–Trinajstić information content (AvgIpc) is 2.56. The molecule has 5 heteroatoms. The van der Waals surface area contributed by atoms with Crippen LogP contribution in [0.3, 0.4) is 0 Å².